The highest BCUT2D eigenvalue weighted by atomic mass is 32.1. The predicted molar refractivity (Wildman–Crippen MR) is 97.5 cm³/mol. The minimum absolute atomic E-state index is 0.131. The van der Waals surface area contributed by atoms with E-state index in [-0.39, 0.29) is 18.2 Å². The highest BCUT2D eigenvalue weighted by Gasteiger charge is 2.22. The number of carbonyl (C=O) groups excluding carboxylic acids is 2. The Bertz CT molecular complexity index is 754. The van der Waals surface area contributed by atoms with Gasteiger partial charge in [-0.2, -0.15) is 0 Å². The summed E-state index contributed by atoms with van der Waals surface area (Å²) in [5, 5.41) is 2.44. The second kappa shape index (κ2) is 7.78. The van der Waals surface area contributed by atoms with Crippen LogP contribution in [0.25, 0.3) is 10.6 Å². The van der Waals surface area contributed by atoms with Crippen LogP contribution in [0.3, 0.4) is 0 Å². The van der Waals surface area contributed by atoms with Crippen molar-refractivity contribution in [2.24, 2.45) is 5.92 Å². The fourth-order valence-corrected chi connectivity index (χ4v) is 3.70. The lowest BCUT2D eigenvalue weighted by Crippen LogP contribution is -2.41. The summed E-state index contributed by atoms with van der Waals surface area (Å²) < 4.78 is 5.16. The van der Waals surface area contributed by atoms with Gasteiger partial charge in [-0.05, 0) is 25.7 Å². The highest BCUT2D eigenvalue weighted by molar-refractivity contribution is 7.13. The normalized spacial score (nSPS) is 17.4. The molecule has 1 fully saturated rings. The molecule has 0 radical (unpaired) electrons. The van der Waals surface area contributed by atoms with E-state index in [1.54, 1.807) is 10.3 Å². The fraction of sp³-hybridized carbons (Fsp3) is 0.421. The zero-order chi connectivity index (χ0) is 17.8. The Morgan fingerprint density at radius 2 is 2.08 bits per heavy atom. The number of hydrogen-bond donors (Lipinski definition) is 0. The standard InChI is InChI=1S/C19H22N2O3S/c1-13-5-7-15(8-6-13)18-20-16(12-25-18)19(23)24-11-17(22)21-9-3-4-14(2)10-21/h5-8,12,14H,3-4,9-11H2,1-2H3/t14-/m0/s1. The van der Waals surface area contributed by atoms with Crippen molar-refractivity contribution >= 4 is 23.2 Å². The van der Waals surface area contributed by atoms with E-state index in [1.807, 2.05) is 31.2 Å². The number of amides is 1. The Hall–Kier alpha value is -2.21. The first-order valence-electron chi connectivity index (χ1n) is 8.50. The van der Waals surface area contributed by atoms with E-state index >= 15 is 0 Å². The molecule has 0 spiro atoms. The van der Waals surface area contributed by atoms with Gasteiger partial charge in [0.25, 0.3) is 5.91 Å². The minimum Gasteiger partial charge on any atom is -0.451 e. The van der Waals surface area contributed by atoms with Crippen molar-refractivity contribution in [3.8, 4) is 10.6 Å². The van der Waals surface area contributed by atoms with Gasteiger partial charge in [0, 0.05) is 24.0 Å². The molecule has 3 rings (SSSR count). The maximum Gasteiger partial charge on any atom is 0.358 e. The molecule has 2 aromatic rings. The quantitative estimate of drug-likeness (QED) is 0.785. The number of nitrogens with zero attached hydrogens (tertiary/aromatic N) is 2. The lowest BCUT2D eigenvalue weighted by molar-refractivity contribution is -0.136. The number of hydrogen-bond acceptors (Lipinski definition) is 5. The van der Waals surface area contributed by atoms with E-state index in [9.17, 15) is 9.59 Å². The molecular formula is C19H22N2O3S. The van der Waals surface area contributed by atoms with Crippen LogP contribution >= 0.6 is 11.3 Å². The van der Waals surface area contributed by atoms with Gasteiger partial charge in [-0.25, -0.2) is 9.78 Å². The number of carbonyl (C=O) groups is 2. The van der Waals surface area contributed by atoms with Gasteiger partial charge in [0.1, 0.15) is 5.01 Å². The zero-order valence-corrected chi connectivity index (χ0v) is 15.3. The summed E-state index contributed by atoms with van der Waals surface area (Å²) in [5.74, 6) is -0.175. The largest absolute Gasteiger partial charge is 0.451 e. The Labute approximate surface area is 151 Å². The van der Waals surface area contributed by atoms with Crippen molar-refractivity contribution in [3.63, 3.8) is 0 Å². The summed E-state index contributed by atoms with van der Waals surface area (Å²) in [6.45, 7) is 5.42. The molecule has 5 nitrogen and oxygen atoms in total. The van der Waals surface area contributed by atoms with Crippen LogP contribution in [0.5, 0.6) is 0 Å². The Kier molecular flexibility index (Phi) is 5.48. The first-order chi connectivity index (χ1) is 12.0. The Balaban J connectivity index is 1.56. The van der Waals surface area contributed by atoms with Gasteiger partial charge >= 0.3 is 5.97 Å². The molecule has 0 aliphatic carbocycles. The van der Waals surface area contributed by atoms with Gasteiger partial charge in [-0.1, -0.05) is 36.8 Å². The number of aromatic nitrogens is 1. The smallest absolute Gasteiger partial charge is 0.358 e. The molecule has 1 amide bonds. The van der Waals surface area contributed by atoms with Crippen molar-refractivity contribution in [1.29, 1.82) is 0 Å². The second-order valence-electron chi connectivity index (χ2n) is 6.57. The van der Waals surface area contributed by atoms with Gasteiger partial charge in [0.15, 0.2) is 12.3 Å². The summed E-state index contributed by atoms with van der Waals surface area (Å²) in [5.41, 5.74) is 2.39. The topological polar surface area (TPSA) is 59.5 Å². The van der Waals surface area contributed by atoms with Crippen molar-refractivity contribution in [2.45, 2.75) is 26.7 Å². The molecule has 0 saturated carbocycles. The Morgan fingerprint density at radius 1 is 1.32 bits per heavy atom. The van der Waals surface area contributed by atoms with Crippen molar-refractivity contribution in [3.05, 3.63) is 40.9 Å². The van der Waals surface area contributed by atoms with Crippen LogP contribution in [0.1, 0.15) is 35.8 Å². The van der Waals surface area contributed by atoms with Crippen LogP contribution in [-0.2, 0) is 9.53 Å². The van der Waals surface area contributed by atoms with Crippen molar-refractivity contribution in [1.82, 2.24) is 9.88 Å². The number of rotatable bonds is 4. The molecule has 132 valence electrons. The average Bonchev–Trinajstić information content (AvgIpc) is 3.10. The summed E-state index contributed by atoms with van der Waals surface area (Å²) >= 11 is 1.39. The minimum atomic E-state index is -0.548. The van der Waals surface area contributed by atoms with E-state index in [4.69, 9.17) is 4.74 Å². The lowest BCUT2D eigenvalue weighted by Gasteiger charge is -2.30. The summed E-state index contributed by atoms with van der Waals surface area (Å²) in [4.78, 5) is 30.4. The molecule has 1 atom stereocenters. The van der Waals surface area contributed by atoms with E-state index in [1.165, 1.54) is 16.9 Å². The lowest BCUT2D eigenvalue weighted by atomic mass is 10.0. The monoisotopic (exact) mass is 358 g/mol. The van der Waals surface area contributed by atoms with Gasteiger partial charge in [-0.3, -0.25) is 4.79 Å². The molecule has 1 aromatic carbocycles. The molecular weight excluding hydrogens is 336 g/mol. The number of benzene rings is 1. The Morgan fingerprint density at radius 3 is 2.80 bits per heavy atom. The van der Waals surface area contributed by atoms with Gasteiger partial charge in [-0.15, -0.1) is 11.3 Å². The maximum absolute atomic E-state index is 12.2. The van der Waals surface area contributed by atoms with Crippen molar-refractivity contribution in [2.75, 3.05) is 19.7 Å². The summed E-state index contributed by atoms with van der Waals surface area (Å²) in [6, 6.07) is 7.97. The third-order valence-corrected chi connectivity index (χ3v) is 5.24. The third kappa shape index (κ3) is 4.45. The van der Waals surface area contributed by atoms with Crippen LogP contribution in [-0.4, -0.2) is 41.5 Å². The van der Waals surface area contributed by atoms with Crippen LogP contribution in [0.4, 0.5) is 0 Å². The first kappa shape index (κ1) is 17.6. The first-order valence-corrected chi connectivity index (χ1v) is 9.38. The number of ether oxygens (including phenoxy) is 1. The molecule has 0 bridgehead atoms. The third-order valence-electron chi connectivity index (χ3n) is 4.35. The van der Waals surface area contributed by atoms with Crippen LogP contribution in [0, 0.1) is 12.8 Å². The van der Waals surface area contributed by atoms with Crippen LogP contribution < -0.4 is 0 Å². The van der Waals surface area contributed by atoms with Crippen LogP contribution in [0.15, 0.2) is 29.6 Å². The average molecular weight is 358 g/mol. The van der Waals surface area contributed by atoms with Gasteiger partial charge in [0.05, 0.1) is 0 Å². The summed E-state index contributed by atoms with van der Waals surface area (Å²) in [6.07, 6.45) is 2.15. The summed E-state index contributed by atoms with van der Waals surface area (Å²) in [7, 11) is 0. The number of aryl methyl sites for hydroxylation is 1. The maximum atomic E-state index is 12.2. The molecule has 2 heterocycles. The zero-order valence-electron chi connectivity index (χ0n) is 14.5. The molecule has 6 heteroatoms. The molecule has 25 heavy (non-hydrogen) atoms. The van der Waals surface area contributed by atoms with E-state index in [0.717, 1.165) is 36.5 Å². The molecule has 1 aromatic heterocycles. The highest BCUT2D eigenvalue weighted by Crippen LogP contribution is 2.24. The van der Waals surface area contributed by atoms with Gasteiger partial charge in [0.2, 0.25) is 0 Å². The molecule has 0 N–H and O–H groups in total. The van der Waals surface area contributed by atoms with Gasteiger partial charge < -0.3 is 9.64 Å². The van der Waals surface area contributed by atoms with Crippen LogP contribution in [0.2, 0.25) is 0 Å². The number of likely N-dealkylation sites (tertiary alicyclic amines) is 1. The van der Waals surface area contributed by atoms with E-state index in [2.05, 4.69) is 11.9 Å². The fourth-order valence-electron chi connectivity index (χ4n) is 2.90. The molecule has 1 aliphatic heterocycles. The second-order valence-corrected chi connectivity index (χ2v) is 7.43. The predicted octanol–water partition coefficient (Wildman–Crippen LogP) is 3.53. The molecule has 1 saturated heterocycles. The number of piperidine rings is 1. The molecule has 1 aliphatic rings. The van der Waals surface area contributed by atoms with E-state index in [0.29, 0.717) is 5.92 Å². The van der Waals surface area contributed by atoms with Crippen molar-refractivity contribution < 1.29 is 14.3 Å². The number of esters is 1. The molecule has 0 unspecified atom stereocenters. The SMILES string of the molecule is Cc1ccc(-c2nc(C(=O)OCC(=O)N3CCC[C@H](C)C3)cs2)cc1. The number of thiazole rings is 1. The van der Waals surface area contributed by atoms with E-state index < -0.39 is 5.97 Å².